The zero-order chi connectivity index (χ0) is 21.8. The Morgan fingerprint density at radius 3 is 0.714 bits per heavy atom. The Kier molecular flexibility index (Phi) is 30.7. The van der Waals surface area contributed by atoms with Gasteiger partial charge in [0, 0.05) is 0 Å². The number of hydrogen-bond acceptors (Lipinski definition) is 3. The molecule has 0 heterocycles. The summed E-state index contributed by atoms with van der Waals surface area (Å²) in [4.78, 5) is 12.2. The zero-order valence-corrected chi connectivity index (χ0v) is 23.3. The van der Waals surface area contributed by atoms with E-state index in [0.717, 1.165) is 0 Å². The van der Waals surface area contributed by atoms with Crippen LogP contribution < -0.4 is 0 Å². The first-order valence-corrected chi connectivity index (χ1v) is 10.0. The van der Waals surface area contributed by atoms with Crippen molar-refractivity contribution in [3.05, 3.63) is 16.0 Å². The van der Waals surface area contributed by atoms with Gasteiger partial charge in [0.1, 0.15) is 0 Å². The Balaban J connectivity index is -0.000000152. The average molecular weight is 471 g/mol. The topological polar surface area (TPSA) is 79.4 Å². The fourth-order valence-electron chi connectivity index (χ4n) is 0.915. The molecule has 0 aromatic rings. The van der Waals surface area contributed by atoms with E-state index in [4.69, 9.17) is 0 Å². The molecular weight excluding hydrogens is 425 g/mol. The number of hydrogen-bond donors (Lipinski definition) is 0. The van der Waals surface area contributed by atoms with Crippen LogP contribution in [-0.4, -0.2) is 55.3 Å². The van der Waals surface area contributed by atoms with Gasteiger partial charge in [0.2, 0.25) is 0 Å². The normalized spacial score (nSPS) is 11.4. The maximum atomic E-state index is 4.07. The minimum Gasteiger partial charge on any atom is -0.469 e. The van der Waals surface area contributed by atoms with Crippen molar-refractivity contribution in [1.29, 1.82) is 0 Å². The van der Waals surface area contributed by atoms with Crippen LogP contribution in [0.2, 0.25) is 0 Å². The van der Waals surface area contributed by atoms with Gasteiger partial charge in [-0.15, -0.1) is 19.0 Å². The summed E-state index contributed by atoms with van der Waals surface area (Å²) < 4.78 is 0. The van der Waals surface area contributed by atoms with Crippen LogP contribution in [0.25, 0.3) is 16.0 Å². The van der Waals surface area contributed by atoms with Gasteiger partial charge in [-0.1, -0.05) is 83.1 Å². The van der Waals surface area contributed by atoms with E-state index in [1.54, 1.807) is 19.0 Å². The maximum absolute atomic E-state index is 4.07. The fraction of sp³-hybridized carbons (Fsp3) is 0.857. The van der Waals surface area contributed by atoms with Crippen molar-refractivity contribution in [2.75, 3.05) is 0 Å². The molecule has 0 atom stereocenters. The van der Waals surface area contributed by atoms with Gasteiger partial charge in [0.05, 0.1) is 0 Å². The molecule has 0 bridgehead atoms. The molecule has 0 spiro atoms. The molecule has 0 aromatic carbocycles. The first kappa shape index (κ1) is 35.0. The third-order valence-electron chi connectivity index (χ3n) is 2.19. The van der Waals surface area contributed by atoms with Crippen molar-refractivity contribution in [2.24, 2.45) is 15.0 Å². The first-order chi connectivity index (χ1) is 12.4. The summed E-state index contributed by atoms with van der Waals surface area (Å²) in [5, 5.41) is 12.2. The summed E-state index contributed by atoms with van der Waals surface area (Å²) in [5.74, 6) is 0. The molecule has 0 N–H and O–H groups in total. The van der Waals surface area contributed by atoms with Crippen LogP contribution in [0.5, 0.6) is 0 Å². The third-order valence-corrected chi connectivity index (χ3v) is 2.19. The van der Waals surface area contributed by atoms with Gasteiger partial charge < -0.3 is 30.9 Å². The van der Waals surface area contributed by atoms with Gasteiger partial charge in [0.15, 0.2) is 0 Å². The molecule has 0 fully saturated rings. The second-order valence-corrected chi connectivity index (χ2v) is 7.80. The molecule has 0 saturated carbocycles. The monoisotopic (exact) mass is 470 g/mol. The number of aliphatic imine (C=N–C) groups is 3. The molecule has 0 saturated heterocycles. The Bertz CT molecular complexity index is 318. The van der Waals surface area contributed by atoms with E-state index in [2.05, 4.69) is 30.9 Å². The van der Waals surface area contributed by atoms with Gasteiger partial charge in [-0.2, -0.15) is 0 Å². The standard InChI is InChI=1S/3C7H15N2.Y/c3*1-6(2)8-5-9-7(3)4;/h3*5-7H,1-4H3;/q3*-1;+3. The average Bonchev–Trinajstić information content (AvgIpc) is 2.46. The Morgan fingerprint density at radius 2 is 0.607 bits per heavy atom. The van der Waals surface area contributed by atoms with Gasteiger partial charge in [-0.05, 0) is 36.3 Å². The number of rotatable bonds is 9. The van der Waals surface area contributed by atoms with Crippen LogP contribution in [0.15, 0.2) is 15.0 Å². The van der Waals surface area contributed by atoms with Crippen molar-refractivity contribution >= 4 is 19.0 Å². The molecule has 0 rings (SSSR count). The van der Waals surface area contributed by atoms with Crippen LogP contribution in [0.3, 0.4) is 0 Å². The predicted molar refractivity (Wildman–Crippen MR) is 126 cm³/mol. The molecule has 162 valence electrons. The Labute approximate surface area is 201 Å². The summed E-state index contributed by atoms with van der Waals surface area (Å²) in [6.45, 7) is 24.4. The van der Waals surface area contributed by atoms with Gasteiger partial charge in [0.25, 0.3) is 0 Å². The zero-order valence-electron chi connectivity index (χ0n) is 20.5. The van der Waals surface area contributed by atoms with E-state index < -0.39 is 0 Å². The van der Waals surface area contributed by atoms with E-state index in [1.807, 2.05) is 83.1 Å². The minimum absolute atomic E-state index is 0. The Hall–Kier alpha value is -0.486. The molecule has 6 nitrogen and oxygen atoms in total. The predicted octanol–water partition coefficient (Wildman–Crippen LogP) is 6.61. The van der Waals surface area contributed by atoms with Gasteiger partial charge >= 0.3 is 32.7 Å². The summed E-state index contributed by atoms with van der Waals surface area (Å²) in [5.41, 5.74) is 0. The first-order valence-electron chi connectivity index (χ1n) is 10.0. The molecule has 0 aliphatic heterocycles. The maximum Gasteiger partial charge on any atom is 3.00 e. The van der Waals surface area contributed by atoms with Gasteiger partial charge in [-0.3, -0.25) is 0 Å². The van der Waals surface area contributed by atoms with Crippen molar-refractivity contribution < 1.29 is 32.7 Å². The van der Waals surface area contributed by atoms with E-state index in [-0.39, 0.29) is 32.7 Å². The van der Waals surface area contributed by atoms with Crippen molar-refractivity contribution in [3.8, 4) is 0 Å². The largest absolute Gasteiger partial charge is 3.00 e. The van der Waals surface area contributed by atoms with E-state index in [1.165, 1.54) is 0 Å². The van der Waals surface area contributed by atoms with Gasteiger partial charge in [-0.25, -0.2) is 0 Å². The van der Waals surface area contributed by atoms with Crippen LogP contribution in [0.4, 0.5) is 0 Å². The molecule has 0 aromatic heterocycles. The fourth-order valence-corrected chi connectivity index (χ4v) is 0.915. The molecule has 0 aliphatic rings. The van der Waals surface area contributed by atoms with E-state index in [0.29, 0.717) is 36.3 Å². The summed E-state index contributed by atoms with van der Waals surface area (Å²) in [6, 6.07) is 2.21. The third kappa shape index (κ3) is 50.0. The molecule has 0 amide bonds. The summed E-state index contributed by atoms with van der Waals surface area (Å²) in [7, 11) is 0. The molecule has 0 unspecified atom stereocenters. The summed E-state index contributed by atoms with van der Waals surface area (Å²) >= 11 is 0. The molecule has 28 heavy (non-hydrogen) atoms. The molecule has 7 heteroatoms. The van der Waals surface area contributed by atoms with Crippen LogP contribution in [0, 0.1) is 0 Å². The van der Waals surface area contributed by atoms with Crippen LogP contribution in [-0.2, 0) is 32.7 Å². The Morgan fingerprint density at radius 1 is 0.429 bits per heavy atom. The van der Waals surface area contributed by atoms with Crippen molar-refractivity contribution in [2.45, 2.75) is 119 Å². The van der Waals surface area contributed by atoms with Crippen molar-refractivity contribution in [3.63, 3.8) is 0 Å². The SMILES string of the molecule is CC(C)N=C[N-]C(C)C.CC(C)N=C[N-]C(C)C.CC(C)N=C[N-]C(C)C.[Y+3]. The smallest absolute Gasteiger partial charge is 0.469 e. The second kappa shape index (κ2) is 24.6. The molecule has 0 radical (unpaired) electrons. The molecular formula is C21H45N6Y. The van der Waals surface area contributed by atoms with E-state index in [9.17, 15) is 0 Å². The van der Waals surface area contributed by atoms with E-state index >= 15 is 0 Å². The minimum atomic E-state index is 0. The van der Waals surface area contributed by atoms with Crippen molar-refractivity contribution in [1.82, 2.24) is 0 Å². The van der Waals surface area contributed by atoms with Crippen LogP contribution in [0.1, 0.15) is 83.1 Å². The quantitative estimate of drug-likeness (QED) is 0.268. The second-order valence-electron chi connectivity index (χ2n) is 7.80. The number of nitrogens with zero attached hydrogens (tertiary/aromatic N) is 6. The molecule has 0 aliphatic carbocycles. The summed E-state index contributed by atoms with van der Waals surface area (Å²) in [6.07, 6.45) is 4.94. The van der Waals surface area contributed by atoms with Crippen LogP contribution >= 0.6 is 0 Å².